The molecule has 48 heavy (non-hydrogen) atoms. The van der Waals surface area contributed by atoms with Gasteiger partial charge < -0.3 is 30.1 Å². The summed E-state index contributed by atoms with van der Waals surface area (Å²) in [5.41, 5.74) is 1.01. The Labute approximate surface area is 276 Å². The summed E-state index contributed by atoms with van der Waals surface area (Å²) in [5, 5.41) is 36.0. The first-order chi connectivity index (χ1) is 22.7. The average Bonchev–Trinajstić information content (AvgIpc) is 3.32. The van der Waals surface area contributed by atoms with Crippen LogP contribution in [0.3, 0.4) is 0 Å². The molecule has 0 spiro atoms. The summed E-state index contributed by atoms with van der Waals surface area (Å²) in [5.74, 6) is -2.05. The topological polar surface area (TPSA) is 221 Å². The zero-order valence-electron chi connectivity index (χ0n) is 25.4. The number of thioether (sulfide) groups is 1. The maximum Gasteiger partial charge on any atom is 0.408 e. The lowest BCUT2D eigenvalue weighted by molar-refractivity contribution is -0.385. The second-order valence-corrected chi connectivity index (χ2v) is 13.2. The van der Waals surface area contributed by atoms with Crippen LogP contribution >= 0.6 is 11.8 Å². The molecule has 2 heterocycles. The number of ether oxygens (including phenoxy) is 2. The number of non-ortho nitro benzene ring substituents is 2. The number of β-lactam (4-membered cyclic amide) rings is 1. The molecular weight excluding hydrogens is 650 g/mol. The Balaban J connectivity index is 1.23. The van der Waals surface area contributed by atoms with E-state index in [9.17, 15) is 44.5 Å². The quantitative estimate of drug-likeness (QED) is 0.115. The normalized spacial score (nSPS) is 19.7. The number of hydrogen-bond donors (Lipinski definition) is 3. The zero-order chi connectivity index (χ0) is 34.7. The van der Waals surface area contributed by atoms with E-state index in [0.29, 0.717) is 11.1 Å². The number of phenols is 1. The fourth-order valence-electron chi connectivity index (χ4n) is 5.30. The molecule has 0 aromatic heterocycles. The lowest BCUT2D eigenvalue weighted by Gasteiger charge is -2.44. The summed E-state index contributed by atoms with van der Waals surface area (Å²) in [6, 6.07) is 13.0. The molecule has 250 valence electrons. The van der Waals surface area contributed by atoms with E-state index in [1.165, 1.54) is 89.5 Å². The minimum absolute atomic E-state index is 0.0837. The molecular formula is C31H29N5O11S. The van der Waals surface area contributed by atoms with Crippen LogP contribution < -0.4 is 10.6 Å². The third-order valence-electron chi connectivity index (χ3n) is 7.76. The van der Waals surface area contributed by atoms with Crippen LogP contribution in [0.4, 0.5) is 16.2 Å². The van der Waals surface area contributed by atoms with Gasteiger partial charge in [0.2, 0.25) is 11.8 Å². The number of carbonyl (C=O) groups excluding carboxylic acids is 4. The van der Waals surface area contributed by atoms with E-state index < -0.39 is 62.0 Å². The van der Waals surface area contributed by atoms with Crippen molar-refractivity contribution in [2.75, 3.05) is 0 Å². The number of fused-ring (bicyclic) bond motifs is 1. The molecule has 2 aliphatic heterocycles. The smallest absolute Gasteiger partial charge is 0.408 e. The molecule has 0 radical (unpaired) electrons. The first-order valence-electron chi connectivity index (χ1n) is 14.4. The van der Waals surface area contributed by atoms with Crippen LogP contribution in [0.15, 0.2) is 72.8 Å². The largest absolute Gasteiger partial charge is 0.508 e. The van der Waals surface area contributed by atoms with Crippen LogP contribution in [-0.2, 0) is 37.1 Å². The minimum atomic E-state index is -1.35. The van der Waals surface area contributed by atoms with Gasteiger partial charge in [0.1, 0.15) is 42.5 Å². The Bertz CT molecular complexity index is 1750. The molecule has 2 unspecified atom stereocenters. The Morgan fingerprint density at radius 1 is 0.896 bits per heavy atom. The number of alkyl carbamates (subject to hydrolysis) is 1. The van der Waals surface area contributed by atoms with E-state index in [0.717, 1.165) is 0 Å². The second kappa shape index (κ2) is 13.6. The van der Waals surface area contributed by atoms with E-state index in [2.05, 4.69) is 10.6 Å². The lowest BCUT2D eigenvalue weighted by Crippen LogP contribution is -2.71. The van der Waals surface area contributed by atoms with Crippen molar-refractivity contribution in [3.8, 4) is 5.75 Å². The van der Waals surface area contributed by atoms with Crippen LogP contribution in [0.1, 0.15) is 36.6 Å². The highest BCUT2D eigenvalue weighted by atomic mass is 32.2. The highest BCUT2D eigenvalue weighted by Gasteiger charge is 2.64. The summed E-state index contributed by atoms with van der Waals surface area (Å²) in [4.78, 5) is 74.8. The average molecular weight is 680 g/mol. The number of amides is 3. The van der Waals surface area contributed by atoms with E-state index in [1.807, 2.05) is 0 Å². The van der Waals surface area contributed by atoms with Crippen molar-refractivity contribution in [3.05, 3.63) is 110 Å². The molecule has 4 atom stereocenters. The number of phenolic OH excluding ortho intramolecular Hbond substituents is 1. The lowest BCUT2D eigenvalue weighted by atomic mass is 9.95. The van der Waals surface area contributed by atoms with Gasteiger partial charge >= 0.3 is 12.1 Å². The number of nitrogens with zero attached hydrogens (tertiary/aromatic N) is 3. The van der Waals surface area contributed by atoms with E-state index in [-0.39, 0.29) is 35.9 Å². The van der Waals surface area contributed by atoms with Crippen molar-refractivity contribution in [1.29, 1.82) is 0 Å². The van der Waals surface area contributed by atoms with Crippen LogP contribution in [0.5, 0.6) is 5.75 Å². The predicted molar refractivity (Wildman–Crippen MR) is 168 cm³/mol. The molecule has 2 saturated heterocycles. The Morgan fingerprint density at radius 2 is 1.42 bits per heavy atom. The number of hydrogen-bond acceptors (Lipinski definition) is 12. The maximum absolute atomic E-state index is 13.6. The molecule has 2 aliphatic rings. The molecule has 5 rings (SSSR count). The Kier molecular flexibility index (Phi) is 9.51. The number of benzene rings is 3. The predicted octanol–water partition coefficient (Wildman–Crippen LogP) is 3.47. The molecule has 0 bridgehead atoms. The summed E-state index contributed by atoms with van der Waals surface area (Å²) >= 11 is 1.29. The summed E-state index contributed by atoms with van der Waals surface area (Å²) < 4.78 is 9.89. The van der Waals surface area contributed by atoms with Gasteiger partial charge in [0, 0.05) is 29.0 Å². The van der Waals surface area contributed by atoms with Crippen molar-refractivity contribution < 1.29 is 43.6 Å². The van der Waals surface area contributed by atoms with Crippen molar-refractivity contribution in [2.45, 2.75) is 55.3 Å². The van der Waals surface area contributed by atoms with Crippen molar-refractivity contribution >= 4 is 47.0 Å². The number of nitro benzene ring substituents is 2. The molecule has 16 nitrogen and oxygen atoms in total. The van der Waals surface area contributed by atoms with Gasteiger partial charge in [0.25, 0.3) is 11.4 Å². The van der Waals surface area contributed by atoms with Gasteiger partial charge in [0.15, 0.2) is 0 Å². The first kappa shape index (κ1) is 33.6. The minimum Gasteiger partial charge on any atom is -0.508 e. The second-order valence-electron chi connectivity index (χ2n) is 11.4. The summed E-state index contributed by atoms with van der Waals surface area (Å²) in [6.07, 6.45) is -0.990. The first-order valence-corrected chi connectivity index (χ1v) is 15.3. The Morgan fingerprint density at radius 3 is 1.94 bits per heavy atom. The number of carbonyl (C=O) groups is 4. The molecule has 0 saturated carbocycles. The van der Waals surface area contributed by atoms with Crippen molar-refractivity contribution in [1.82, 2.24) is 15.5 Å². The highest BCUT2D eigenvalue weighted by molar-refractivity contribution is 8.01. The van der Waals surface area contributed by atoms with Gasteiger partial charge in [-0.25, -0.2) is 9.59 Å². The van der Waals surface area contributed by atoms with Crippen molar-refractivity contribution in [3.63, 3.8) is 0 Å². The standard InChI is InChI=1S/C31H29N5O11S/c1-31(2)25(29(40)46-15-17-3-9-20(10-4-17)35(42)43)34-27(39)24(28(34)48-31)32-26(38)23(19-7-13-22(37)14-8-19)33-30(41)47-16-18-5-11-21(12-6-18)36(44)45/h3-14,23-25,28,37H,15-16H2,1-2H3,(H,32,38)(H,33,41)/t23?,24?,25-,28+/m0/s1. The maximum atomic E-state index is 13.6. The van der Waals surface area contributed by atoms with E-state index in [1.54, 1.807) is 13.8 Å². The highest BCUT2D eigenvalue weighted by Crippen LogP contribution is 2.51. The monoisotopic (exact) mass is 679 g/mol. The SMILES string of the molecule is CC1(C)S[C@@H]2C(NC(=O)C(NC(=O)OCc3ccc([N+](=O)[O-])cc3)c3ccc(O)cc3)C(=O)N2[C@H]1C(=O)OCc1ccc([N+](=O)[O-])cc1. The third-order valence-corrected chi connectivity index (χ3v) is 9.33. The van der Waals surface area contributed by atoms with Gasteiger partial charge in [-0.05, 0) is 66.9 Å². The van der Waals surface area contributed by atoms with Gasteiger partial charge in [0.05, 0.1) is 9.85 Å². The molecule has 3 amide bonds. The molecule has 0 aliphatic carbocycles. The number of nitro groups is 2. The number of rotatable bonds is 11. The third kappa shape index (κ3) is 7.15. The zero-order valence-corrected chi connectivity index (χ0v) is 26.2. The molecule has 2 fully saturated rings. The molecule has 17 heteroatoms. The fourth-order valence-corrected chi connectivity index (χ4v) is 6.92. The summed E-state index contributed by atoms with van der Waals surface area (Å²) in [6.45, 7) is 3.11. The number of nitrogens with one attached hydrogen (secondary N) is 2. The number of aromatic hydroxyl groups is 1. The van der Waals surface area contributed by atoms with Crippen LogP contribution in [0.2, 0.25) is 0 Å². The fraction of sp³-hybridized carbons (Fsp3) is 0.290. The van der Waals surface area contributed by atoms with Gasteiger partial charge in [-0.3, -0.25) is 29.8 Å². The van der Waals surface area contributed by atoms with Gasteiger partial charge in [-0.2, -0.15) is 0 Å². The van der Waals surface area contributed by atoms with E-state index in [4.69, 9.17) is 9.47 Å². The van der Waals surface area contributed by atoms with E-state index >= 15 is 0 Å². The van der Waals surface area contributed by atoms with Crippen LogP contribution in [-0.4, -0.2) is 65.9 Å². The van der Waals surface area contributed by atoms with Crippen LogP contribution in [0, 0.1) is 20.2 Å². The molecule has 3 aromatic carbocycles. The Hall–Kier alpha value is -5.71. The number of esters is 1. The van der Waals surface area contributed by atoms with Gasteiger partial charge in [-0.15, -0.1) is 11.8 Å². The molecule has 3 N–H and O–H groups in total. The summed E-state index contributed by atoms with van der Waals surface area (Å²) in [7, 11) is 0. The van der Waals surface area contributed by atoms with Gasteiger partial charge in [-0.1, -0.05) is 12.1 Å². The molecule has 3 aromatic rings. The van der Waals surface area contributed by atoms with Crippen molar-refractivity contribution in [2.24, 2.45) is 0 Å². The van der Waals surface area contributed by atoms with Crippen LogP contribution in [0.25, 0.3) is 0 Å².